The second kappa shape index (κ2) is 9.78. The molecule has 0 bridgehead atoms. The third kappa shape index (κ3) is 3.59. The maximum absolute atomic E-state index is 13.8. The van der Waals surface area contributed by atoms with Gasteiger partial charge in [0.05, 0.1) is 39.0 Å². The van der Waals surface area contributed by atoms with Gasteiger partial charge in [-0.1, -0.05) is 17.7 Å². The highest BCUT2D eigenvalue weighted by atomic mass is 35.5. The van der Waals surface area contributed by atoms with Crippen molar-refractivity contribution >= 4 is 17.6 Å². The third-order valence-corrected chi connectivity index (χ3v) is 7.66. The molecule has 3 heterocycles. The molecule has 0 radical (unpaired) electrons. The Hall–Kier alpha value is -3.04. The van der Waals surface area contributed by atoms with E-state index in [2.05, 4.69) is 0 Å². The molecule has 0 fully saturated rings. The maximum atomic E-state index is 13.8. The Morgan fingerprint density at radius 2 is 1.78 bits per heavy atom. The molecular formula is C26H31ClN2O7. The van der Waals surface area contributed by atoms with Crippen molar-refractivity contribution in [2.45, 2.75) is 39.0 Å². The zero-order valence-electron chi connectivity index (χ0n) is 21.2. The largest absolute Gasteiger partial charge is 0.493 e. The van der Waals surface area contributed by atoms with Gasteiger partial charge in [-0.2, -0.15) is 0 Å². The standard InChI is InChI=1S/C26H31ClN2O7/c1-6-28(7-2)26(30)29-11-10-15-18(23(33-5)25-24(19(15)27)35-13-36-25)20(29)22-14-8-9-17(31-3)21(32-4)16(14)12-34-22/h8-9,20,22H,6-7,10-13H2,1-5H3/t20-,22+/m1/s1. The lowest BCUT2D eigenvalue weighted by Crippen LogP contribution is -2.49. The van der Waals surface area contributed by atoms with E-state index in [1.807, 2.05) is 35.8 Å². The van der Waals surface area contributed by atoms with E-state index >= 15 is 0 Å². The summed E-state index contributed by atoms with van der Waals surface area (Å²) < 4.78 is 35.0. The summed E-state index contributed by atoms with van der Waals surface area (Å²) in [7, 11) is 4.81. The van der Waals surface area contributed by atoms with E-state index in [0.29, 0.717) is 66.4 Å². The summed E-state index contributed by atoms with van der Waals surface area (Å²) in [4.78, 5) is 17.5. The fourth-order valence-electron chi connectivity index (χ4n) is 5.56. The van der Waals surface area contributed by atoms with Gasteiger partial charge in [-0.25, -0.2) is 4.79 Å². The minimum Gasteiger partial charge on any atom is -0.493 e. The summed E-state index contributed by atoms with van der Waals surface area (Å²) in [6, 6.07) is 3.26. The molecule has 2 amide bonds. The number of rotatable bonds is 6. The number of fused-ring (bicyclic) bond motifs is 3. The predicted octanol–water partition coefficient (Wildman–Crippen LogP) is 4.73. The third-order valence-electron chi connectivity index (χ3n) is 7.26. The van der Waals surface area contributed by atoms with Crippen molar-refractivity contribution in [3.63, 3.8) is 0 Å². The van der Waals surface area contributed by atoms with Crippen LogP contribution in [0.25, 0.3) is 0 Å². The van der Waals surface area contributed by atoms with Crippen molar-refractivity contribution in [1.82, 2.24) is 9.80 Å². The Balaban J connectivity index is 1.72. The van der Waals surface area contributed by atoms with Crippen LogP contribution in [0.2, 0.25) is 5.02 Å². The van der Waals surface area contributed by atoms with Crippen molar-refractivity contribution in [2.75, 3.05) is 47.8 Å². The Morgan fingerprint density at radius 1 is 1.06 bits per heavy atom. The maximum Gasteiger partial charge on any atom is 0.320 e. The van der Waals surface area contributed by atoms with Gasteiger partial charge in [0.1, 0.15) is 6.10 Å². The van der Waals surface area contributed by atoms with Gasteiger partial charge in [0, 0.05) is 30.8 Å². The molecule has 0 saturated carbocycles. The van der Waals surface area contributed by atoms with Crippen LogP contribution >= 0.6 is 11.6 Å². The molecule has 5 rings (SSSR count). The highest BCUT2D eigenvalue weighted by Gasteiger charge is 2.47. The summed E-state index contributed by atoms with van der Waals surface area (Å²) in [6.45, 7) is 5.98. The van der Waals surface area contributed by atoms with Crippen LogP contribution in [0, 0.1) is 0 Å². The molecule has 10 heteroatoms. The lowest BCUT2D eigenvalue weighted by Gasteiger charge is -2.43. The van der Waals surface area contributed by atoms with Crippen molar-refractivity contribution in [3.8, 4) is 28.7 Å². The van der Waals surface area contributed by atoms with E-state index in [4.69, 9.17) is 40.0 Å². The average molecular weight is 519 g/mol. The Kier molecular flexibility index (Phi) is 6.70. The predicted molar refractivity (Wildman–Crippen MR) is 133 cm³/mol. The highest BCUT2D eigenvalue weighted by Crippen LogP contribution is 2.58. The van der Waals surface area contributed by atoms with Crippen LogP contribution in [-0.2, 0) is 17.8 Å². The first-order valence-corrected chi connectivity index (χ1v) is 12.5. The van der Waals surface area contributed by atoms with Gasteiger partial charge in [0.15, 0.2) is 23.0 Å². The van der Waals surface area contributed by atoms with Gasteiger partial charge in [0.25, 0.3) is 0 Å². The van der Waals surface area contributed by atoms with Crippen molar-refractivity contribution in [1.29, 1.82) is 0 Å². The fourth-order valence-corrected chi connectivity index (χ4v) is 5.90. The zero-order valence-corrected chi connectivity index (χ0v) is 21.9. The summed E-state index contributed by atoms with van der Waals surface area (Å²) in [6.07, 6.45) is 0.0691. The average Bonchev–Trinajstić information content (AvgIpc) is 3.56. The molecule has 9 nitrogen and oxygen atoms in total. The summed E-state index contributed by atoms with van der Waals surface area (Å²) in [5, 5.41) is 0.490. The van der Waals surface area contributed by atoms with E-state index in [-0.39, 0.29) is 12.8 Å². The summed E-state index contributed by atoms with van der Waals surface area (Å²) in [5.74, 6) is 2.71. The first-order chi connectivity index (χ1) is 17.5. The molecule has 0 spiro atoms. The zero-order chi connectivity index (χ0) is 25.6. The van der Waals surface area contributed by atoms with Crippen LogP contribution in [0.3, 0.4) is 0 Å². The molecule has 0 N–H and O–H groups in total. The van der Waals surface area contributed by atoms with Gasteiger partial charge < -0.3 is 38.2 Å². The number of hydrogen-bond acceptors (Lipinski definition) is 7. The summed E-state index contributed by atoms with van der Waals surface area (Å²) >= 11 is 6.85. The number of benzene rings is 2. The van der Waals surface area contributed by atoms with Gasteiger partial charge in [-0.3, -0.25) is 0 Å². The van der Waals surface area contributed by atoms with Crippen LogP contribution in [0.15, 0.2) is 12.1 Å². The van der Waals surface area contributed by atoms with Crippen molar-refractivity contribution in [2.24, 2.45) is 0 Å². The number of ether oxygens (including phenoxy) is 6. The molecule has 2 aromatic rings. The van der Waals surface area contributed by atoms with Gasteiger partial charge in [-0.05, 0) is 37.5 Å². The van der Waals surface area contributed by atoms with Crippen LogP contribution in [0.4, 0.5) is 4.79 Å². The summed E-state index contributed by atoms with van der Waals surface area (Å²) in [5.41, 5.74) is 3.49. The molecule has 36 heavy (non-hydrogen) atoms. The van der Waals surface area contributed by atoms with E-state index < -0.39 is 12.1 Å². The van der Waals surface area contributed by atoms with E-state index in [9.17, 15) is 4.79 Å². The highest BCUT2D eigenvalue weighted by molar-refractivity contribution is 6.33. The fraction of sp³-hybridized carbons (Fsp3) is 0.500. The van der Waals surface area contributed by atoms with Crippen molar-refractivity contribution < 1.29 is 33.2 Å². The molecule has 2 aromatic carbocycles. The first-order valence-electron chi connectivity index (χ1n) is 12.1. The van der Waals surface area contributed by atoms with Crippen LogP contribution < -0.4 is 23.7 Å². The van der Waals surface area contributed by atoms with Gasteiger partial charge >= 0.3 is 6.03 Å². The van der Waals surface area contributed by atoms with E-state index in [0.717, 1.165) is 22.3 Å². The van der Waals surface area contributed by atoms with Gasteiger partial charge in [0.2, 0.25) is 12.5 Å². The lowest BCUT2D eigenvalue weighted by molar-refractivity contribution is -0.00507. The SMILES string of the molecule is CCN(CC)C(=O)N1CCc2c(Cl)c3c(c(OC)c2[C@@H]1[C@H]1OCc2c1ccc(OC)c2OC)OCO3. The molecule has 3 aliphatic heterocycles. The number of hydrogen-bond donors (Lipinski definition) is 0. The normalized spacial score (nSPS) is 19.6. The Morgan fingerprint density at radius 3 is 2.44 bits per heavy atom. The molecule has 2 atom stereocenters. The Labute approximate surface area is 215 Å². The lowest BCUT2D eigenvalue weighted by atomic mass is 9.85. The van der Waals surface area contributed by atoms with Crippen LogP contribution in [0.1, 0.15) is 48.2 Å². The molecule has 0 aromatic heterocycles. The minimum atomic E-state index is -0.511. The quantitative estimate of drug-likeness (QED) is 0.547. The number of urea groups is 1. The number of amides is 2. The molecule has 0 aliphatic carbocycles. The van der Waals surface area contributed by atoms with E-state index in [1.54, 1.807) is 21.3 Å². The number of carbonyl (C=O) groups excluding carboxylic acids is 1. The van der Waals surface area contributed by atoms with Crippen LogP contribution in [0.5, 0.6) is 28.7 Å². The number of methoxy groups -OCH3 is 3. The second-order valence-electron chi connectivity index (χ2n) is 8.75. The molecule has 0 saturated heterocycles. The van der Waals surface area contributed by atoms with E-state index in [1.165, 1.54) is 0 Å². The first kappa shape index (κ1) is 24.6. The van der Waals surface area contributed by atoms with Crippen molar-refractivity contribution in [3.05, 3.63) is 39.4 Å². The molecular weight excluding hydrogens is 488 g/mol. The second-order valence-corrected chi connectivity index (χ2v) is 9.13. The number of halogens is 1. The molecule has 194 valence electrons. The smallest absolute Gasteiger partial charge is 0.320 e. The minimum absolute atomic E-state index is 0.0564. The van der Waals surface area contributed by atoms with Crippen LogP contribution in [-0.4, -0.2) is 63.6 Å². The monoisotopic (exact) mass is 518 g/mol. The number of carbonyl (C=O) groups is 1. The Bertz CT molecular complexity index is 1180. The van der Waals surface area contributed by atoms with Gasteiger partial charge in [-0.15, -0.1) is 0 Å². The number of nitrogens with zero attached hydrogens (tertiary/aromatic N) is 2. The molecule has 0 unspecified atom stereocenters. The molecule has 3 aliphatic rings. The topological polar surface area (TPSA) is 78.9 Å².